The van der Waals surface area contributed by atoms with Crippen LogP contribution in [0.2, 0.25) is 0 Å². The molecule has 0 spiro atoms. The zero-order valence-corrected chi connectivity index (χ0v) is 55.9. The van der Waals surface area contributed by atoms with Gasteiger partial charge >= 0.3 is 29.8 Å². The number of Topliss-reactive ketones (excluding diaryl/α,β-unsaturated/α-hetero) is 1. The monoisotopic (exact) mass is 1340 g/mol. The Labute approximate surface area is 564 Å². The van der Waals surface area contributed by atoms with Crippen molar-refractivity contribution in [3.8, 4) is 22.5 Å². The van der Waals surface area contributed by atoms with E-state index in [1.165, 1.54) is 71.0 Å². The van der Waals surface area contributed by atoms with Gasteiger partial charge in [0.25, 0.3) is 11.8 Å². The summed E-state index contributed by atoms with van der Waals surface area (Å²) in [6.45, 7) is 8.74. The van der Waals surface area contributed by atoms with Crippen molar-refractivity contribution in [3.05, 3.63) is 190 Å². The molecule has 5 aromatic carbocycles. The van der Waals surface area contributed by atoms with Crippen LogP contribution in [0.15, 0.2) is 161 Å². The Balaban J connectivity index is 0.982. The number of aromatic carboxylic acids is 1. The lowest BCUT2D eigenvalue weighted by molar-refractivity contribution is -0.346. The molecule has 2 amide bonds. The zero-order valence-electron chi connectivity index (χ0n) is 55.9. The highest BCUT2D eigenvalue weighted by Crippen LogP contribution is 2.65. The average Bonchev–Trinajstić information content (AvgIpc) is 0.667. The molecule has 23 heteroatoms. The standard InChI is InChI=1S/C75H76N4O19/c1-39-55(95-71(90)61(82)60(43-21-15-12-16-22-43)77-66(84)44-23-17-13-18-24-44)37-75(91)65(97-70(89)45-25-19-14-20-26-45)63-73(7,64(83)62(93-41(3)80)59(39)72(75,5)6)56(36-57-74(63,38-92-57)98-42(4)81)96-69(88)40(2)76-67(85)46-27-30-49(52(33-46)68(86)87)58-50-31-28-47(78(8)9)34-53(50)94-54-35-48(79(10)11)29-32-51(54)58/h12-35,40,55-57,60-63,65,82,91H,36-38H2,1-11H3,(H2-,76,77,84,85,86,87)/t40-,55?,56+,57?,60+,61-,62-,63?,65+,73-,74+,75-/m1/s1. The fourth-order valence-electron chi connectivity index (χ4n) is 14.7. The molecule has 0 radical (unpaired) electrons. The Bertz CT molecular complexity index is 4450. The number of carbonyl (C=O) groups is 9. The third kappa shape index (κ3) is 12.3. The van der Waals surface area contributed by atoms with Crippen LogP contribution in [0.25, 0.3) is 33.4 Å². The lowest BCUT2D eigenvalue weighted by Gasteiger charge is -2.67. The first-order chi connectivity index (χ1) is 46.4. The third-order valence-corrected chi connectivity index (χ3v) is 19.9. The largest absolute Gasteiger partial charge is 0.545 e. The van der Waals surface area contributed by atoms with Gasteiger partial charge in [0.05, 0.1) is 41.6 Å². The highest BCUT2D eigenvalue weighted by molar-refractivity contribution is 6.09. The summed E-state index contributed by atoms with van der Waals surface area (Å²) in [4.78, 5) is 132. The number of fused-ring (bicyclic) bond motifs is 7. The van der Waals surface area contributed by atoms with Crippen LogP contribution in [-0.4, -0.2) is 152 Å². The molecular weight excluding hydrogens is 1260 g/mol. The molecule has 2 bridgehead atoms. The molecule has 510 valence electrons. The summed E-state index contributed by atoms with van der Waals surface area (Å²) in [7, 11) is 7.47. The van der Waals surface area contributed by atoms with Crippen LogP contribution < -0.4 is 30.6 Å². The quantitative estimate of drug-likeness (QED) is 0.0264. The van der Waals surface area contributed by atoms with E-state index < -0.39 is 150 Å². The first-order valence-corrected chi connectivity index (χ1v) is 32.0. The van der Waals surface area contributed by atoms with Crippen LogP contribution in [0.1, 0.15) is 114 Å². The number of ketones is 1. The van der Waals surface area contributed by atoms with Crippen molar-refractivity contribution >= 4 is 70.1 Å². The smallest absolute Gasteiger partial charge is 0.338 e. The molecule has 3 unspecified atom stereocenters. The molecule has 2 saturated carbocycles. The van der Waals surface area contributed by atoms with Gasteiger partial charge in [-0.2, -0.15) is 0 Å². The number of esters is 5. The summed E-state index contributed by atoms with van der Waals surface area (Å²) in [5.41, 5.74) is -6.59. The summed E-state index contributed by atoms with van der Waals surface area (Å²) in [5.74, 6) is -11.1. The van der Waals surface area contributed by atoms with Crippen molar-refractivity contribution in [2.45, 2.75) is 121 Å². The number of rotatable bonds is 17. The summed E-state index contributed by atoms with van der Waals surface area (Å²) in [6, 6.07) is 35.7. The van der Waals surface area contributed by atoms with Crippen molar-refractivity contribution in [1.82, 2.24) is 15.2 Å². The van der Waals surface area contributed by atoms with Gasteiger partial charge in [0, 0.05) is 97.2 Å². The minimum Gasteiger partial charge on any atom is -0.545 e. The Kier molecular flexibility index (Phi) is 18.7. The number of nitrogens with one attached hydrogen (secondary N) is 2. The number of ether oxygens (including phenoxy) is 6. The summed E-state index contributed by atoms with van der Waals surface area (Å²) < 4.78 is 46.2. The number of carboxylic acid groups (broad SMARTS) is 1. The molecule has 6 aliphatic rings. The van der Waals surface area contributed by atoms with Crippen molar-refractivity contribution < 1.29 is 91.3 Å². The molecule has 98 heavy (non-hydrogen) atoms. The second kappa shape index (κ2) is 26.6. The normalized spacial score (nSPS) is 24.6. The van der Waals surface area contributed by atoms with E-state index in [1.807, 2.05) is 74.1 Å². The van der Waals surface area contributed by atoms with E-state index in [9.17, 15) is 53.7 Å². The van der Waals surface area contributed by atoms with E-state index in [2.05, 4.69) is 10.6 Å². The van der Waals surface area contributed by atoms with E-state index in [0.29, 0.717) is 33.4 Å². The van der Waals surface area contributed by atoms with E-state index >= 15 is 4.79 Å². The van der Waals surface area contributed by atoms with E-state index in [4.69, 9.17) is 32.8 Å². The highest BCUT2D eigenvalue weighted by atomic mass is 16.6. The Morgan fingerprint density at radius 2 is 1.36 bits per heavy atom. The van der Waals surface area contributed by atoms with Gasteiger partial charge in [-0.1, -0.05) is 86.6 Å². The predicted molar refractivity (Wildman–Crippen MR) is 353 cm³/mol. The van der Waals surface area contributed by atoms with Gasteiger partial charge in [-0.15, -0.1) is 0 Å². The average molecular weight is 1340 g/mol. The van der Waals surface area contributed by atoms with Crippen LogP contribution >= 0.6 is 0 Å². The van der Waals surface area contributed by atoms with Gasteiger partial charge in [-0.25, -0.2) is 19.0 Å². The number of aliphatic hydroxyl groups is 2. The molecule has 12 atom stereocenters. The minimum absolute atomic E-state index is 0.0387. The molecule has 2 aliphatic heterocycles. The maximum atomic E-state index is 16.7. The Morgan fingerprint density at radius 1 is 0.724 bits per heavy atom. The topological polar surface area (TPSA) is 316 Å². The van der Waals surface area contributed by atoms with E-state index in [1.54, 1.807) is 66.7 Å². The second-order valence-corrected chi connectivity index (χ2v) is 26.6. The number of benzene rings is 6. The lowest BCUT2D eigenvalue weighted by Crippen LogP contribution is -2.82. The highest BCUT2D eigenvalue weighted by Gasteiger charge is 2.79. The SMILES string of the molecule is CC(=O)O[C@H]1C(=O)[C@@]2(C)C([C@H](OC(=O)c3ccccc3)[C@]3(O)CC(OC(=O)[C@H](O)[C@@H](NC(=O)c4ccccc4)c4ccccc4)C(C)=C1C3(C)C)[C@]1(OC(C)=O)COC1C[C@@H]2OC(=O)[C@@H](C)NC(=O)c1ccc(-c2c3ccc(=[N+](C)C)cc-3oc3cc(N(C)C)ccc23)c(C(=O)[O-])c1. The molecule has 1 saturated heterocycles. The van der Waals surface area contributed by atoms with Gasteiger partial charge < -0.3 is 68.5 Å². The van der Waals surface area contributed by atoms with Crippen LogP contribution in [0.3, 0.4) is 0 Å². The predicted octanol–water partition coefficient (Wildman–Crippen LogP) is 6.08. The summed E-state index contributed by atoms with van der Waals surface area (Å²) >= 11 is 0. The zero-order chi connectivity index (χ0) is 70.7. The van der Waals surface area contributed by atoms with Gasteiger partial charge in [0.1, 0.15) is 61.5 Å². The molecule has 23 nitrogen and oxygen atoms in total. The molecule has 2 heterocycles. The van der Waals surface area contributed by atoms with Crippen LogP contribution in [0.4, 0.5) is 5.69 Å². The Morgan fingerprint density at radius 3 is 1.96 bits per heavy atom. The number of hydrogen-bond acceptors (Lipinski definition) is 20. The number of aliphatic hydroxyl groups excluding tert-OH is 1. The minimum atomic E-state index is -2.62. The first-order valence-electron chi connectivity index (χ1n) is 32.0. The van der Waals surface area contributed by atoms with Gasteiger partial charge in [0.2, 0.25) is 5.36 Å². The van der Waals surface area contributed by atoms with Crippen molar-refractivity contribution in [2.75, 3.05) is 39.7 Å². The third-order valence-electron chi connectivity index (χ3n) is 19.9. The number of carboxylic acids is 1. The first kappa shape index (κ1) is 69.0. The van der Waals surface area contributed by atoms with E-state index in [0.717, 1.165) is 31.0 Å². The fraction of sp³-hybridized carbons (Fsp3) is 0.360. The van der Waals surface area contributed by atoms with Gasteiger partial charge in [-0.3, -0.25) is 24.0 Å². The number of hydrogen-bond donors (Lipinski definition) is 4. The molecular formula is C75H76N4O19. The van der Waals surface area contributed by atoms with Crippen LogP contribution in [-0.2, 0) is 52.4 Å². The Hall–Kier alpha value is -10.4. The molecule has 4 N–H and O–H groups in total. The molecule has 3 fully saturated rings. The van der Waals surface area contributed by atoms with Crippen molar-refractivity contribution in [3.63, 3.8) is 0 Å². The van der Waals surface area contributed by atoms with Crippen LogP contribution in [0, 0.1) is 16.7 Å². The molecule has 11 rings (SSSR count). The molecule has 4 aliphatic carbocycles. The number of anilines is 1. The van der Waals surface area contributed by atoms with Crippen LogP contribution in [0.5, 0.6) is 0 Å². The molecule has 5 aromatic rings. The maximum absolute atomic E-state index is 16.7. The molecule has 0 aromatic heterocycles. The van der Waals surface area contributed by atoms with Crippen molar-refractivity contribution in [1.29, 1.82) is 0 Å². The van der Waals surface area contributed by atoms with Gasteiger partial charge in [-0.05, 0) is 97.6 Å². The van der Waals surface area contributed by atoms with Crippen molar-refractivity contribution in [2.24, 2.45) is 16.7 Å². The summed E-state index contributed by atoms with van der Waals surface area (Å²) in [5, 5.41) is 46.4. The fourth-order valence-corrected chi connectivity index (χ4v) is 14.7. The van der Waals surface area contributed by atoms with E-state index in [-0.39, 0.29) is 39.0 Å². The number of nitrogens with zero attached hydrogens (tertiary/aromatic N) is 2. The lowest BCUT2D eigenvalue weighted by atomic mass is 9.44. The maximum Gasteiger partial charge on any atom is 0.338 e. The number of carbonyl (C=O) groups excluding carboxylic acids is 9. The number of amides is 2. The second-order valence-electron chi connectivity index (χ2n) is 26.6. The van der Waals surface area contributed by atoms with Gasteiger partial charge in [0.15, 0.2) is 23.6 Å². The summed E-state index contributed by atoms with van der Waals surface area (Å²) in [6.07, 6.45) is -12.1.